The first-order chi connectivity index (χ1) is 10.7. The minimum atomic E-state index is -3.61. The Morgan fingerprint density at radius 3 is 3.05 bits per heavy atom. The van der Waals surface area contributed by atoms with Crippen LogP contribution >= 0.6 is 11.7 Å². The van der Waals surface area contributed by atoms with Crippen LogP contribution in [0.15, 0.2) is 34.0 Å². The lowest BCUT2D eigenvalue weighted by Gasteiger charge is -2.16. The lowest BCUT2D eigenvalue weighted by atomic mass is 10.1. The van der Waals surface area contributed by atoms with Crippen molar-refractivity contribution < 1.29 is 12.9 Å². The van der Waals surface area contributed by atoms with Crippen molar-refractivity contribution in [3.8, 4) is 0 Å². The van der Waals surface area contributed by atoms with E-state index in [4.69, 9.17) is 4.52 Å². The van der Waals surface area contributed by atoms with Crippen molar-refractivity contribution in [3.63, 3.8) is 0 Å². The van der Waals surface area contributed by atoms with Crippen LogP contribution in [-0.4, -0.2) is 44.7 Å². The molecule has 0 unspecified atom stereocenters. The second kappa shape index (κ2) is 5.07. The summed E-state index contributed by atoms with van der Waals surface area (Å²) in [6, 6.07) is 5.01. The molecule has 1 aromatic carbocycles. The number of hydrogen-bond donors (Lipinski definition) is 0. The Kier molecular flexibility index (Phi) is 3.17. The first kappa shape index (κ1) is 13.7. The summed E-state index contributed by atoms with van der Waals surface area (Å²) >= 11 is 1.01. The summed E-state index contributed by atoms with van der Waals surface area (Å²) in [5, 5.41) is 3.80. The number of fused-ring (bicyclic) bond motifs is 1. The average Bonchev–Trinajstić information content (AvgIpc) is 3.25. The van der Waals surface area contributed by atoms with Crippen LogP contribution in [0.25, 0.3) is 11.0 Å². The molecular formula is C12H11N5O3S2. The van der Waals surface area contributed by atoms with Crippen LogP contribution in [0.4, 0.5) is 0 Å². The van der Waals surface area contributed by atoms with Gasteiger partial charge in [-0.15, -0.1) is 0 Å². The van der Waals surface area contributed by atoms with Crippen molar-refractivity contribution in [3.05, 3.63) is 30.4 Å². The van der Waals surface area contributed by atoms with Crippen molar-refractivity contribution in [2.75, 3.05) is 13.1 Å². The highest BCUT2D eigenvalue weighted by Crippen LogP contribution is 2.31. The maximum absolute atomic E-state index is 12.9. The molecule has 1 aliphatic rings. The molecule has 1 aliphatic heterocycles. The predicted molar refractivity (Wildman–Crippen MR) is 77.8 cm³/mol. The molecule has 3 heterocycles. The highest BCUT2D eigenvalue weighted by molar-refractivity contribution is 7.89. The monoisotopic (exact) mass is 337 g/mol. The molecule has 10 heteroatoms. The summed E-state index contributed by atoms with van der Waals surface area (Å²) in [5.41, 5.74) is 1.02. The van der Waals surface area contributed by atoms with Gasteiger partial charge >= 0.3 is 0 Å². The van der Waals surface area contributed by atoms with E-state index in [0.29, 0.717) is 36.4 Å². The Morgan fingerprint density at radius 2 is 2.23 bits per heavy atom. The molecule has 22 heavy (non-hydrogen) atoms. The Bertz CT molecular complexity index is 906. The van der Waals surface area contributed by atoms with Crippen LogP contribution in [0.5, 0.6) is 0 Å². The summed E-state index contributed by atoms with van der Waals surface area (Å²) < 4.78 is 40.1. The highest BCUT2D eigenvalue weighted by atomic mass is 32.2. The summed E-state index contributed by atoms with van der Waals surface area (Å²) in [5.74, 6) is 0.507. The molecule has 1 atom stereocenters. The lowest BCUT2D eigenvalue weighted by molar-refractivity contribution is 0.403. The van der Waals surface area contributed by atoms with E-state index in [1.165, 1.54) is 10.7 Å². The van der Waals surface area contributed by atoms with Crippen molar-refractivity contribution in [1.29, 1.82) is 0 Å². The van der Waals surface area contributed by atoms with Gasteiger partial charge in [0.25, 0.3) is 0 Å². The third kappa shape index (κ3) is 2.11. The molecule has 0 radical (unpaired) electrons. The van der Waals surface area contributed by atoms with Gasteiger partial charge in [0.05, 0.1) is 11.7 Å². The molecule has 8 nitrogen and oxygen atoms in total. The minimum absolute atomic E-state index is 0.0405. The van der Waals surface area contributed by atoms with Crippen LogP contribution in [-0.2, 0) is 10.0 Å². The normalized spacial score (nSPS) is 19.9. The maximum atomic E-state index is 12.9. The van der Waals surface area contributed by atoms with Crippen LogP contribution < -0.4 is 0 Å². The maximum Gasteiger partial charge on any atom is 0.245 e. The fourth-order valence-corrected chi connectivity index (χ4v) is 4.90. The minimum Gasteiger partial charge on any atom is -0.343 e. The zero-order chi connectivity index (χ0) is 15.2. The molecule has 2 aromatic heterocycles. The molecule has 3 aromatic rings. The second-order valence-electron chi connectivity index (χ2n) is 5.03. The van der Waals surface area contributed by atoms with Gasteiger partial charge in [0.2, 0.25) is 16.4 Å². The second-order valence-corrected chi connectivity index (χ2v) is 7.46. The van der Waals surface area contributed by atoms with E-state index in [9.17, 15) is 8.42 Å². The summed E-state index contributed by atoms with van der Waals surface area (Å²) in [6.45, 7) is 0.769. The number of hydrogen-bond acceptors (Lipinski definition) is 8. The standard InChI is InChI=1S/C12H11N5O3S2/c18-22(19,10-3-1-2-9-11(10)16-21-15-9)17-5-4-8(6-17)12-13-7-20-14-12/h1-3,7-8H,4-6H2/t8-/m0/s1. The largest absolute Gasteiger partial charge is 0.343 e. The van der Waals surface area contributed by atoms with Crippen LogP contribution in [0, 0.1) is 0 Å². The summed E-state index contributed by atoms with van der Waals surface area (Å²) in [4.78, 5) is 4.21. The number of rotatable bonds is 3. The Balaban J connectivity index is 1.69. The first-order valence-corrected chi connectivity index (χ1v) is 8.81. The molecule has 4 rings (SSSR count). The third-order valence-electron chi connectivity index (χ3n) is 3.76. The van der Waals surface area contributed by atoms with E-state index in [2.05, 4.69) is 18.9 Å². The van der Waals surface area contributed by atoms with Gasteiger partial charge in [0, 0.05) is 19.0 Å². The summed E-state index contributed by atoms with van der Waals surface area (Å²) in [6.07, 6.45) is 1.93. The molecule has 114 valence electrons. The molecule has 0 aliphatic carbocycles. The van der Waals surface area contributed by atoms with Crippen molar-refractivity contribution >= 4 is 32.8 Å². The Hall–Kier alpha value is -1.91. The molecule has 0 bridgehead atoms. The van der Waals surface area contributed by atoms with Gasteiger partial charge in [0.15, 0.2) is 5.82 Å². The van der Waals surface area contributed by atoms with E-state index < -0.39 is 10.0 Å². The van der Waals surface area contributed by atoms with Gasteiger partial charge in [-0.1, -0.05) is 11.2 Å². The number of sulfonamides is 1. The van der Waals surface area contributed by atoms with Gasteiger partial charge in [0.1, 0.15) is 15.9 Å². The SMILES string of the molecule is O=S(=O)(c1cccc2nsnc12)N1CC[C@H](c2ncon2)C1. The van der Waals surface area contributed by atoms with Crippen LogP contribution in [0.3, 0.4) is 0 Å². The van der Waals surface area contributed by atoms with E-state index in [1.807, 2.05) is 0 Å². The van der Waals surface area contributed by atoms with Gasteiger partial charge in [-0.25, -0.2) is 8.42 Å². The van der Waals surface area contributed by atoms with E-state index in [0.717, 1.165) is 11.7 Å². The number of nitrogens with zero attached hydrogens (tertiary/aromatic N) is 5. The zero-order valence-corrected chi connectivity index (χ0v) is 12.9. The molecule has 1 fully saturated rings. The fraction of sp³-hybridized carbons (Fsp3) is 0.333. The summed E-state index contributed by atoms with van der Waals surface area (Å²) in [7, 11) is -3.61. The number of aromatic nitrogens is 4. The molecule has 0 amide bonds. The lowest BCUT2D eigenvalue weighted by Crippen LogP contribution is -2.29. The predicted octanol–water partition coefficient (Wildman–Crippen LogP) is 1.25. The fourth-order valence-electron chi connectivity index (χ4n) is 2.64. The van der Waals surface area contributed by atoms with Crippen LogP contribution in [0.1, 0.15) is 18.2 Å². The smallest absolute Gasteiger partial charge is 0.245 e. The molecule has 0 N–H and O–H groups in total. The Labute approximate surface area is 130 Å². The Morgan fingerprint density at radius 1 is 1.32 bits per heavy atom. The van der Waals surface area contributed by atoms with Crippen LogP contribution in [0.2, 0.25) is 0 Å². The van der Waals surface area contributed by atoms with E-state index in [1.54, 1.807) is 18.2 Å². The van der Waals surface area contributed by atoms with Crippen molar-refractivity contribution in [1.82, 2.24) is 23.2 Å². The topological polar surface area (TPSA) is 102 Å². The average molecular weight is 337 g/mol. The van der Waals surface area contributed by atoms with E-state index >= 15 is 0 Å². The molecule has 0 saturated carbocycles. The molecule has 0 spiro atoms. The van der Waals surface area contributed by atoms with Crippen molar-refractivity contribution in [2.45, 2.75) is 17.2 Å². The van der Waals surface area contributed by atoms with Gasteiger partial charge < -0.3 is 4.52 Å². The first-order valence-electron chi connectivity index (χ1n) is 6.64. The zero-order valence-electron chi connectivity index (χ0n) is 11.3. The van der Waals surface area contributed by atoms with Crippen molar-refractivity contribution in [2.24, 2.45) is 0 Å². The third-order valence-corrected chi connectivity index (χ3v) is 6.20. The molecule has 1 saturated heterocycles. The van der Waals surface area contributed by atoms with Gasteiger partial charge in [-0.2, -0.15) is 18.0 Å². The quantitative estimate of drug-likeness (QED) is 0.708. The van der Waals surface area contributed by atoms with Gasteiger partial charge in [-0.3, -0.25) is 0 Å². The number of benzene rings is 1. The highest BCUT2D eigenvalue weighted by Gasteiger charge is 2.36. The van der Waals surface area contributed by atoms with E-state index in [-0.39, 0.29) is 10.8 Å². The molecular weight excluding hydrogens is 326 g/mol. The van der Waals surface area contributed by atoms with Gasteiger partial charge in [-0.05, 0) is 18.6 Å².